The summed E-state index contributed by atoms with van der Waals surface area (Å²) in [5, 5.41) is 5.38. The van der Waals surface area contributed by atoms with Crippen molar-refractivity contribution in [2.45, 2.75) is 19.3 Å². The minimum atomic E-state index is -0.345. The van der Waals surface area contributed by atoms with Crippen LogP contribution in [-0.2, 0) is 4.74 Å². The highest BCUT2D eigenvalue weighted by Gasteiger charge is 2.16. The van der Waals surface area contributed by atoms with Gasteiger partial charge in [0.05, 0.1) is 6.61 Å². The van der Waals surface area contributed by atoms with Gasteiger partial charge in [0.2, 0.25) is 0 Å². The highest BCUT2D eigenvalue weighted by atomic mass is 16.5. The monoisotopic (exact) mass is 314 g/mol. The van der Waals surface area contributed by atoms with Crippen molar-refractivity contribution in [3.63, 3.8) is 0 Å². The lowest BCUT2D eigenvalue weighted by Crippen LogP contribution is -2.30. The van der Waals surface area contributed by atoms with E-state index in [-0.39, 0.29) is 12.0 Å². The molecule has 0 aliphatic rings. The molecule has 0 aromatic heterocycles. The summed E-state index contributed by atoms with van der Waals surface area (Å²) in [5.41, 5.74) is 1.28. The predicted octanol–water partition coefficient (Wildman–Crippen LogP) is 3.62. The topological polar surface area (TPSA) is 41.6 Å². The smallest absolute Gasteiger partial charge is 0.407 e. The molecule has 0 spiro atoms. The molecule has 4 nitrogen and oxygen atoms in total. The van der Waals surface area contributed by atoms with Crippen LogP contribution in [0.3, 0.4) is 0 Å². The molecule has 0 fully saturated rings. The fourth-order valence-corrected chi connectivity index (χ4v) is 2.78. The van der Waals surface area contributed by atoms with Crippen LogP contribution < -0.4 is 5.32 Å². The first kappa shape index (κ1) is 17.3. The van der Waals surface area contributed by atoms with Crippen molar-refractivity contribution < 1.29 is 9.53 Å². The van der Waals surface area contributed by atoms with Crippen LogP contribution >= 0.6 is 0 Å². The zero-order valence-corrected chi connectivity index (χ0v) is 14.2. The molecule has 0 heterocycles. The molecule has 0 bridgehead atoms. The zero-order chi connectivity index (χ0) is 16.7. The third-order valence-corrected chi connectivity index (χ3v) is 3.96. The highest BCUT2D eigenvalue weighted by Crippen LogP contribution is 2.27. The van der Waals surface area contributed by atoms with Gasteiger partial charge in [0.1, 0.15) is 0 Å². The van der Waals surface area contributed by atoms with Gasteiger partial charge in [-0.15, -0.1) is 0 Å². The number of carbonyl (C=O) groups is 1. The van der Waals surface area contributed by atoms with Gasteiger partial charge in [-0.3, -0.25) is 0 Å². The summed E-state index contributed by atoms with van der Waals surface area (Å²) in [6, 6.07) is 14.8. The van der Waals surface area contributed by atoms with E-state index in [2.05, 4.69) is 66.8 Å². The van der Waals surface area contributed by atoms with Gasteiger partial charge in [0.25, 0.3) is 0 Å². The summed E-state index contributed by atoms with van der Waals surface area (Å²) < 4.78 is 4.98. The molecule has 2 aromatic carbocycles. The first-order chi connectivity index (χ1) is 11.1. The average molecular weight is 314 g/mol. The van der Waals surface area contributed by atoms with E-state index in [9.17, 15) is 4.79 Å². The van der Waals surface area contributed by atoms with Crippen LogP contribution in [-0.4, -0.2) is 44.8 Å². The average Bonchev–Trinajstić information content (AvgIpc) is 2.54. The number of hydrogen-bond acceptors (Lipinski definition) is 3. The van der Waals surface area contributed by atoms with E-state index in [1.165, 1.54) is 16.3 Å². The lowest BCUT2D eigenvalue weighted by atomic mass is 9.91. The minimum Gasteiger partial charge on any atom is -0.450 e. The third-order valence-electron chi connectivity index (χ3n) is 3.96. The number of fused-ring (bicyclic) bond motifs is 1. The van der Waals surface area contributed by atoms with Crippen molar-refractivity contribution in [1.82, 2.24) is 10.2 Å². The number of carbonyl (C=O) groups excluding carboxylic acids is 1. The Bertz CT molecular complexity index is 635. The molecule has 4 heteroatoms. The van der Waals surface area contributed by atoms with Gasteiger partial charge in [0.15, 0.2) is 0 Å². The van der Waals surface area contributed by atoms with Gasteiger partial charge < -0.3 is 15.0 Å². The van der Waals surface area contributed by atoms with Gasteiger partial charge in [-0.25, -0.2) is 4.79 Å². The molecule has 0 aliphatic carbocycles. The van der Waals surface area contributed by atoms with Crippen LogP contribution in [0.15, 0.2) is 42.5 Å². The van der Waals surface area contributed by atoms with E-state index in [0.717, 1.165) is 13.0 Å². The molecule has 1 atom stereocenters. The summed E-state index contributed by atoms with van der Waals surface area (Å²) in [5.74, 6) is 0.257. The third kappa shape index (κ3) is 4.96. The van der Waals surface area contributed by atoms with Crippen molar-refractivity contribution in [3.05, 3.63) is 48.0 Å². The number of amides is 1. The number of rotatable bonds is 7. The minimum absolute atomic E-state index is 0.257. The van der Waals surface area contributed by atoms with Gasteiger partial charge in [-0.05, 0) is 50.3 Å². The highest BCUT2D eigenvalue weighted by molar-refractivity contribution is 5.86. The summed E-state index contributed by atoms with van der Waals surface area (Å²) in [6.45, 7) is 3.76. The Labute approximate surface area is 138 Å². The van der Waals surface area contributed by atoms with E-state index in [1.54, 1.807) is 0 Å². The summed E-state index contributed by atoms with van der Waals surface area (Å²) in [4.78, 5) is 13.8. The number of benzene rings is 2. The Hall–Kier alpha value is -2.07. The molecule has 124 valence electrons. The number of nitrogens with one attached hydrogen (secondary N) is 1. The predicted molar refractivity (Wildman–Crippen MR) is 94.9 cm³/mol. The Morgan fingerprint density at radius 2 is 1.91 bits per heavy atom. The van der Waals surface area contributed by atoms with E-state index in [4.69, 9.17) is 4.74 Å². The van der Waals surface area contributed by atoms with E-state index in [1.807, 2.05) is 6.92 Å². The largest absolute Gasteiger partial charge is 0.450 e. The molecule has 0 saturated heterocycles. The van der Waals surface area contributed by atoms with Crippen molar-refractivity contribution in [2.75, 3.05) is 33.8 Å². The maximum atomic E-state index is 11.6. The number of hydrogen-bond donors (Lipinski definition) is 1. The van der Waals surface area contributed by atoms with Crippen molar-refractivity contribution >= 4 is 16.9 Å². The van der Waals surface area contributed by atoms with Crippen LogP contribution in [0.5, 0.6) is 0 Å². The molecule has 0 aliphatic heterocycles. The molecule has 1 N–H and O–H groups in total. The van der Waals surface area contributed by atoms with Gasteiger partial charge in [-0.1, -0.05) is 42.5 Å². The Morgan fingerprint density at radius 1 is 1.17 bits per heavy atom. The fraction of sp³-hybridized carbons (Fsp3) is 0.421. The Kier molecular flexibility index (Phi) is 6.41. The molecular formula is C19H26N2O2. The zero-order valence-electron chi connectivity index (χ0n) is 14.2. The van der Waals surface area contributed by atoms with Crippen LogP contribution in [0.1, 0.15) is 24.8 Å². The lowest BCUT2D eigenvalue weighted by Gasteiger charge is -2.21. The second kappa shape index (κ2) is 8.53. The first-order valence-electron chi connectivity index (χ1n) is 8.14. The molecule has 1 unspecified atom stereocenters. The number of ether oxygens (including phenoxy) is 1. The first-order valence-corrected chi connectivity index (χ1v) is 8.14. The second-order valence-corrected chi connectivity index (χ2v) is 5.96. The van der Waals surface area contributed by atoms with E-state index >= 15 is 0 Å². The second-order valence-electron chi connectivity index (χ2n) is 5.96. The number of alkyl carbamates (subject to hydrolysis) is 1. The summed E-state index contributed by atoms with van der Waals surface area (Å²) in [7, 11) is 4.14. The van der Waals surface area contributed by atoms with Crippen molar-refractivity contribution in [1.29, 1.82) is 0 Å². The normalized spacial score (nSPS) is 12.3. The van der Waals surface area contributed by atoms with Crippen molar-refractivity contribution in [3.8, 4) is 0 Å². The van der Waals surface area contributed by atoms with Crippen LogP contribution in [0.25, 0.3) is 10.8 Å². The van der Waals surface area contributed by atoms with Gasteiger partial charge in [0, 0.05) is 12.5 Å². The summed E-state index contributed by atoms with van der Waals surface area (Å²) in [6.07, 6.45) is 0.635. The quantitative estimate of drug-likeness (QED) is 0.848. The molecule has 2 aromatic rings. The van der Waals surface area contributed by atoms with Gasteiger partial charge >= 0.3 is 6.09 Å². The van der Waals surface area contributed by atoms with E-state index < -0.39 is 0 Å². The maximum Gasteiger partial charge on any atom is 0.407 e. The standard InChI is InChI=1S/C19H26N2O2/c1-4-23-19(22)20-14-16(12-13-21(2)3)18-11-7-9-15-8-5-6-10-17(15)18/h5-11,16H,4,12-14H2,1-3H3,(H,20,22). The molecule has 1 amide bonds. The number of nitrogens with zero attached hydrogens (tertiary/aromatic N) is 1. The SMILES string of the molecule is CCOC(=O)NCC(CCN(C)C)c1cccc2ccccc12. The summed E-state index contributed by atoms with van der Waals surface area (Å²) >= 11 is 0. The van der Waals surface area contributed by atoms with Crippen molar-refractivity contribution in [2.24, 2.45) is 0 Å². The molecule has 0 saturated carbocycles. The lowest BCUT2D eigenvalue weighted by molar-refractivity contribution is 0.151. The Balaban J connectivity index is 2.22. The van der Waals surface area contributed by atoms with Crippen LogP contribution in [0.4, 0.5) is 4.79 Å². The molecule has 2 rings (SSSR count). The molecule has 23 heavy (non-hydrogen) atoms. The van der Waals surface area contributed by atoms with E-state index in [0.29, 0.717) is 13.2 Å². The van der Waals surface area contributed by atoms with Crippen LogP contribution in [0.2, 0.25) is 0 Å². The molecule has 0 radical (unpaired) electrons. The Morgan fingerprint density at radius 3 is 2.65 bits per heavy atom. The fourth-order valence-electron chi connectivity index (χ4n) is 2.78. The van der Waals surface area contributed by atoms with Gasteiger partial charge in [-0.2, -0.15) is 0 Å². The van der Waals surface area contributed by atoms with Crippen LogP contribution in [0, 0.1) is 0 Å². The molecular weight excluding hydrogens is 288 g/mol. The maximum absolute atomic E-state index is 11.6.